The van der Waals surface area contributed by atoms with Gasteiger partial charge in [0.05, 0.1) is 0 Å². The fourth-order valence-corrected chi connectivity index (χ4v) is 4.00. The van der Waals surface area contributed by atoms with Crippen LogP contribution in [0.5, 0.6) is 0 Å². The average Bonchev–Trinajstić information content (AvgIpc) is 2.66. The maximum Gasteiger partial charge on any atom is 0.251 e. The highest BCUT2D eigenvalue weighted by molar-refractivity contribution is 5.94. The van der Waals surface area contributed by atoms with Crippen LogP contribution in [0.2, 0.25) is 0 Å². The van der Waals surface area contributed by atoms with Gasteiger partial charge in [0.1, 0.15) is 0 Å². The Morgan fingerprint density at radius 3 is 2.76 bits per heavy atom. The van der Waals surface area contributed by atoms with Crippen LogP contribution in [0.4, 0.5) is 0 Å². The van der Waals surface area contributed by atoms with E-state index < -0.39 is 0 Å². The lowest BCUT2D eigenvalue weighted by Crippen LogP contribution is -2.53. The molecule has 1 unspecified atom stereocenters. The van der Waals surface area contributed by atoms with Crippen molar-refractivity contribution in [3.05, 3.63) is 35.9 Å². The predicted molar refractivity (Wildman–Crippen MR) is 98.3 cm³/mol. The number of piperidine rings is 2. The topological polar surface area (TPSA) is 61.4 Å². The highest BCUT2D eigenvalue weighted by Crippen LogP contribution is 2.24. The van der Waals surface area contributed by atoms with Gasteiger partial charge in [0.2, 0.25) is 5.91 Å². The molecule has 136 valence electrons. The van der Waals surface area contributed by atoms with Crippen molar-refractivity contribution in [3.8, 4) is 0 Å². The fourth-order valence-electron chi connectivity index (χ4n) is 4.00. The van der Waals surface area contributed by atoms with Gasteiger partial charge < -0.3 is 15.5 Å². The van der Waals surface area contributed by atoms with E-state index in [0.717, 1.165) is 45.2 Å². The molecule has 3 rings (SSSR count). The predicted octanol–water partition coefficient (Wildman–Crippen LogP) is 2.19. The number of carbonyl (C=O) groups is 2. The van der Waals surface area contributed by atoms with Crippen LogP contribution in [0.3, 0.4) is 0 Å². The van der Waals surface area contributed by atoms with Crippen molar-refractivity contribution < 1.29 is 9.59 Å². The monoisotopic (exact) mass is 343 g/mol. The summed E-state index contributed by atoms with van der Waals surface area (Å²) in [4.78, 5) is 27.3. The van der Waals surface area contributed by atoms with E-state index in [1.54, 1.807) is 0 Å². The molecule has 0 radical (unpaired) electrons. The molecule has 2 saturated heterocycles. The van der Waals surface area contributed by atoms with Crippen LogP contribution < -0.4 is 10.6 Å². The van der Waals surface area contributed by atoms with Gasteiger partial charge in [-0.3, -0.25) is 9.59 Å². The molecular weight excluding hydrogens is 314 g/mol. The van der Waals surface area contributed by atoms with E-state index in [0.29, 0.717) is 18.2 Å². The van der Waals surface area contributed by atoms with Crippen molar-refractivity contribution in [2.45, 2.75) is 51.1 Å². The van der Waals surface area contributed by atoms with Gasteiger partial charge in [-0.15, -0.1) is 0 Å². The zero-order valence-electron chi connectivity index (χ0n) is 15.0. The molecule has 0 aliphatic carbocycles. The normalized spacial score (nSPS) is 26.9. The number of nitrogens with one attached hydrogen (secondary N) is 2. The zero-order chi connectivity index (χ0) is 17.6. The van der Waals surface area contributed by atoms with Crippen molar-refractivity contribution in [1.29, 1.82) is 0 Å². The standard InChI is InChI=1S/C20H29N3O2/c1-15-13-17(10-11-21-15)20(25)23-12-6-5-9-18(23)14-22-19(24)16-7-3-2-4-8-16/h2-4,7-8,15,17-18,21H,5-6,9-14H2,1H3,(H,22,24)/t15-,17-,18?/m0/s1. The first kappa shape index (κ1) is 17.9. The van der Waals surface area contributed by atoms with E-state index in [9.17, 15) is 9.59 Å². The highest BCUT2D eigenvalue weighted by atomic mass is 16.2. The van der Waals surface area contributed by atoms with Gasteiger partial charge in [-0.25, -0.2) is 0 Å². The summed E-state index contributed by atoms with van der Waals surface area (Å²) >= 11 is 0. The number of nitrogens with zero attached hydrogens (tertiary/aromatic N) is 1. The number of likely N-dealkylation sites (tertiary alicyclic amines) is 1. The molecular formula is C20H29N3O2. The lowest BCUT2D eigenvalue weighted by Gasteiger charge is -2.39. The number of hydrogen-bond donors (Lipinski definition) is 2. The Morgan fingerprint density at radius 2 is 2.00 bits per heavy atom. The zero-order valence-corrected chi connectivity index (χ0v) is 15.0. The smallest absolute Gasteiger partial charge is 0.251 e. The van der Waals surface area contributed by atoms with Gasteiger partial charge in [0, 0.05) is 36.7 Å². The van der Waals surface area contributed by atoms with Crippen LogP contribution in [0.1, 0.15) is 49.4 Å². The highest BCUT2D eigenvalue weighted by Gasteiger charge is 2.33. The van der Waals surface area contributed by atoms with Gasteiger partial charge in [-0.05, 0) is 57.7 Å². The third-order valence-electron chi connectivity index (χ3n) is 5.42. The van der Waals surface area contributed by atoms with Crippen molar-refractivity contribution in [1.82, 2.24) is 15.5 Å². The van der Waals surface area contributed by atoms with Gasteiger partial charge >= 0.3 is 0 Å². The molecule has 3 atom stereocenters. The Hall–Kier alpha value is -1.88. The molecule has 1 aromatic carbocycles. The van der Waals surface area contributed by atoms with E-state index >= 15 is 0 Å². The van der Waals surface area contributed by atoms with Crippen molar-refractivity contribution in [2.24, 2.45) is 5.92 Å². The molecule has 25 heavy (non-hydrogen) atoms. The summed E-state index contributed by atoms with van der Waals surface area (Å²) in [6.07, 6.45) is 5.00. The number of rotatable bonds is 4. The summed E-state index contributed by atoms with van der Waals surface area (Å²) in [7, 11) is 0. The minimum Gasteiger partial charge on any atom is -0.350 e. The van der Waals surface area contributed by atoms with E-state index in [1.165, 1.54) is 0 Å². The lowest BCUT2D eigenvalue weighted by atomic mass is 9.90. The summed E-state index contributed by atoms with van der Waals surface area (Å²) in [6, 6.07) is 9.79. The van der Waals surface area contributed by atoms with Crippen LogP contribution in [0, 0.1) is 5.92 Å². The second-order valence-corrected chi connectivity index (χ2v) is 7.33. The molecule has 0 bridgehead atoms. The minimum atomic E-state index is -0.0611. The first-order valence-electron chi connectivity index (χ1n) is 9.52. The second kappa shape index (κ2) is 8.48. The van der Waals surface area contributed by atoms with Gasteiger partial charge in [0.25, 0.3) is 5.91 Å². The Balaban J connectivity index is 1.59. The Morgan fingerprint density at radius 1 is 1.20 bits per heavy atom. The lowest BCUT2D eigenvalue weighted by molar-refractivity contribution is -0.140. The van der Waals surface area contributed by atoms with Crippen LogP contribution >= 0.6 is 0 Å². The second-order valence-electron chi connectivity index (χ2n) is 7.33. The quantitative estimate of drug-likeness (QED) is 0.881. The fraction of sp³-hybridized carbons (Fsp3) is 0.600. The van der Waals surface area contributed by atoms with Gasteiger partial charge in [-0.1, -0.05) is 18.2 Å². The van der Waals surface area contributed by atoms with Crippen LogP contribution in [0.15, 0.2) is 30.3 Å². The van der Waals surface area contributed by atoms with E-state index in [4.69, 9.17) is 0 Å². The Bertz CT molecular complexity index is 590. The third kappa shape index (κ3) is 4.60. The van der Waals surface area contributed by atoms with Gasteiger partial charge in [-0.2, -0.15) is 0 Å². The van der Waals surface area contributed by atoms with Crippen molar-refractivity contribution in [3.63, 3.8) is 0 Å². The molecule has 5 heteroatoms. The Labute approximate surface area is 150 Å². The summed E-state index contributed by atoms with van der Waals surface area (Å²) in [5.74, 6) is 0.350. The molecule has 2 aliphatic rings. The summed E-state index contributed by atoms with van der Waals surface area (Å²) in [5, 5.41) is 6.43. The maximum atomic E-state index is 13.0. The number of amides is 2. The first-order chi connectivity index (χ1) is 12.1. The summed E-state index contributed by atoms with van der Waals surface area (Å²) in [6.45, 7) is 4.43. The molecule has 0 aromatic heterocycles. The van der Waals surface area contributed by atoms with Crippen molar-refractivity contribution >= 4 is 11.8 Å². The molecule has 1 aromatic rings. The first-order valence-corrected chi connectivity index (χ1v) is 9.52. The van der Waals surface area contributed by atoms with E-state index in [-0.39, 0.29) is 23.8 Å². The molecule has 2 N–H and O–H groups in total. The molecule has 2 heterocycles. The average molecular weight is 343 g/mol. The SMILES string of the molecule is C[C@H]1C[C@@H](C(=O)N2CCCCC2CNC(=O)c2ccccc2)CCN1. The third-order valence-corrected chi connectivity index (χ3v) is 5.42. The maximum absolute atomic E-state index is 13.0. The van der Waals surface area contributed by atoms with Crippen LogP contribution in [-0.2, 0) is 4.79 Å². The van der Waals surface area contributed by atoms with Crippen molar-refractivity contribution in [2.75, 3.05) is 19.6 Å². The van der Waals surface area contributed by atoms with Gasteiger partial charge in [0.15, 0.2) is 0 Å². The number of hydrogen-bond acceptors (Lipinski definition) is 3. The number of benzene rings is 1. The summed E-state index contributed by atoms with van der Waals surface area (Å²) < 4.78 is 0. The van der Waals surface area contributed by atoms with E-state index in [2.05, 4.69) is 17.6 Å². The van der Waals surface area contributed by atoms with Crippen LogP contribution in [0.25, 0.3) is 0 Å². The molecule has 0 saturated carbocycles. The number of carbonyl (C=O) groups excluding carboxylic acids is 2. The Kier molecular flexibility index (Phi) is 6.08. The largest absolute Gasteiger partial charge is 0.350 e. The summed E-state index contributed by atoms with van der Waals surface area (Å²) in [5.41, 5.74) is 0.670. The molecule has 2 amide bonds. The van der Waals surface area contributed by atoms with Crippen LogP contribution in [-0.4, -0.2) is 48.4 Å². The molecule has 5 nitrogen and oxygen atoms in total. The molecule has 0 spiro atoms. The minimum absolute atomic E-state index is 0.0611. The molecule has 2 fully saturated rings. The van der Waals surface area contributed by atoms with E-state index in [1.807, 2.05) is 35.2 Å². The molecule has 2 aliphatic heterocycles.